The molecule has 296 valence electrons. The van der Waals surface area contributed by atoms with Crippen LogP contribution in [0.25, 0.3) is 5.69 Å². The molecule has 0 radical (unpaired) electrons. The summed E-state index contributed by atoms with van der Waals surface area (Å²) in [5.74, 6) is 0.313. The molecule has 2 N–H and O–H groups in total. The maximum atomic E-state index is 14.9. The Morgan fingerprint density at radius 2 is 1.18 bits per heavy atom. The fourth-order valence-electron chi connectivity index (χ4n) is 7.38. The maximum Gasteiger partial charge on any atom is 0.226 e. The molecule has 0 saturated heterocycles. The van der Waals surface area contributed by atoms with Crippen LogP contribution in [-0.4, -0.2) is 61.9 Å². The number of halogens is 6. The molecule has 6 aromatic rings. The number of benzene rings is 3. The van der Waals surface area contributed by atoms with E-state index in [1.165, 1.54) is 41.3 Å². The van der Waals surface area contributed by atoms with Crippen molar-refractivity contribution in [1.82, 2.24) is 34.7 Å². The van der Waals surface area contributed by atoms with Crippen LogP contribution in [0.5, 0.6) is 0 Å². The molecule has 8 rings (SSSR count). The molecular weight excluding hydrogens is 765 g/mol. The van der Waals surface area contributed by atoms with Gasteiger partial charge in [0.05, 0.1) is 11.4 Å². The summed E-state index contributed by atoms with van der Waals surface area (Å²) in [6.07, 6.45) is 1.72. The average Bonchev–Trinajstić information content (AvgIpc) is 3.78. The van der Waals surface area contributed by atoms with Gasteiger partial charge in [0.1, 0.15) is 76.0 Å². The van der Waals surface area contributed by atoms with Crippen LogP contribution in [0.2, 0.25) is 5.28 Å². The van der Waals surface area contributed by atoms with E-state index in [2.05, 4.69) is 35.7 Å². The van der Waals surface area contributed by atoms with Crippen molar-refractivity contribution < 1.29 is 22.0 Å². The molecular formula is C40H39ClF5N11. The highest BCUT2D eigenvalue weighted by molar-refractivity contribution is 6.28. The lowest BCUT2D eigenvalue weighted by molar-refractivity contribution is 0.556. The summed E-state index contributed by atoms with van der Waals surface area (Å²) in [5, 5.41) is 10.4. The van der Waals surface area contributed by atoms with Gasteiger partial charge in [0.2, 0.25) is 5.28 Å². The molecule has 0 fully saturated rings. The van der Waals surface area contributed by atoms with E-state index in [1.807, 2.05) is 27.7 Å². The second-order valence-electron chi connectivity index (χ2n) is 15.1. The number of hydrogen-bond donors (Lipinski definition) is 2. The summed E-state index contributed by atoms with van der Waals surface area (Å²) >= 11 is 5.98. The first-order valence-electron chi connectivity index (χ1n) is 18.0. The van der Waals surface area contributed by atoms with Crippen LogP contribution in [-0.2, 0) is 17.3 Å². The minimum absolute atomic E-state index is 0.0771. The van der Waals surface area contributed by atoms with Gasteiger partial charge in [-0.05, 0) is 60.5 Å². The lowest BCUT2D eigenvalue weighted by atomic mass is 9.88. The van der Waals surface area contributed by atoms with Crippen LogP contribution < -0.4 is 20.4 Å². The van der Waals surface area contributed by atoms with Crippen molar-refractivity contribution in [3.63, 3.8) is 0 Å². The summed E-state index contributed by atoms with van der Waals surface area (Å²) in [7, 11) is 3.51. The Balaban J connectivity index is 0.000000194. The van der Waals surface area contributed by atoms with Gasteiger partial charge in [-0.1, -0.05) is 33.8 Å². The van der Waals surface area contributed by atoms with E-state index in [9.17, 15) is 22.0 Å². The minimum Gasteiger partial charge on any atom is -0.373 e. The highest BCUT2D eigenvalue weighted by Gasteiger charge is 2.42. The van der Waals surface area contributed by atoms with E-state index < -0.39 is 34.5 Å². The number of anilines is 6. The van der Waals surface area contributed by atoms with Crippen LogP contribution in [0.3, 0.4) is 0 Å². The number of hydrogen-bond acceptors (Lipinski definition) is 10. The molecule has 57 heavy (non-hydrogen) atoms. The van der Waals surface area contributed by atoms with Gasteiger partial charge < -0.3 is 20.4 Å². The highest BCUT2D eigenvalue weighted by atomic mass is 35.5. The van der Waals surface area contributed by atoms with Gasteiger partial charge in [-0.25, -0.2) is 46.6 Å². The van der Waals surface area contributed by atoms with Gasteiger partial charge in [0.25, 0.3) is 0 Å². The first kappa shape index (κ1) is 39.3. The summed E-state index contributed by atoms with van der Waals surface area (Å²) in [6.45, 7) is 10.8. The summed E-state index contributed by atoms with van der Waals surface area (Å²) in [4.78, 5) is 25.4. The zero-order valence-corrected chi connectivity index (χ0v) is 32.9. The molecule has 2 aliphatic rings. The third-order valence-corrected chi connectivity index (χ3v) is 10.0. The zero-order chi connectivity index (χ0) is 41.0. The second-order valence-corrected chi connectivity index (χ2v) is 15.4. The van der Waals surface area contributed by atoms with Crippen molar-refractivity contribution in [2.75, 3.05) is 47.6 Å². The van der Waals surface area contributed by atoms with Crippen LogP contribution in [0, 0.1) is 36.0 Å². The molecule has 11 nitrogen and oxygen atoms in total. The minimum atomic E-state index is -0.666. The normalized spacial score (nSPS) is 14.9. The Morgan fingerprint density at radius 1 is 0.667 bits per heavy atom. The first-order valence-corrected chi connectivity index (χ1v) is 18.3. The van der Waals surface area contributed by atoms with Gasteiger partial charge in [-0.3, -0.25) is 0 Å². The molecule has 0 spiro atoms. The van der Waals surface area contributed by atoms with Gasteiger partial charge in [-0.15, -0.1) is 0 Å². The van der Waals surface area contributed by atoms with E-state index >= 15 is 0 Å². The van der Waals surface area contributed by atoms with Crippen LogP contribution in [0.15, 0.2) is 60.9 Å². The van der Waals surface area contributed by atoms with Crippen molar-refractivity contribution in [2.24, 2.45) is 0 Å². The van der Waals surface area contributed by atoms with Crippen molar-refractivity contribution in [2.45, 2.75) is 51.9 Å². The van der Waals surface area contributed by atoms with Crippen molar-refractivity contribution in [1.29, 1.82) is 0 Å². The van der Waals surface area contributed by atoms with Gasteiger partial charge in [0.15, 0.2) is 0 Å². The SMILES string of the molecule is CNc1nc(Cc2ccc(-n3cnc(C)n3)c(F)c2)nc2c1C(C)(C)CN2c1ccc(F)cc1F.CNc1nc(Cl)nc2c1C(C)(C)CN2c1ccc(F)cc1F. The van der Waals surface area contributed by atoms with E-state index in [0.717, 1.165) is 23.3 Å². The number of rotatable bonds is 7. The standard InChI is InChI=1S/C25H24F3N7.C15H15ClF2N4/c1-14-30-13-35(33-14)20-7-5-15(9-17(20)27)10-21-31-23(29-4)22-24(32-21)34(12-25(22,2)3)19-8-6-16(26)11-18(19)28;1-15(2)7-22(10-5-4-8(17)6-9(10)18)13-11(15)12(19-3)20-14(16)21-13/h5-9,11,13H,10,12H2,1-4H3,(H,29,31,32);4-6H,7H2,1-3H3,(H,19,20,21). The zero-order valence-electron chi connectivity index (χ0n) is 32.2. The summed E-state index contributed by atoms with van der Waals surface area (Å²) < 4.78 is 71.8. The van der Waals surface area contributed by atoms with E-state index in [0.29, 0.717) is 59.3 Å². The molecule has 0 saturated carbocycles. The third kappa shape index (κ3) is 7.53. The number of aryl methyl sites for hydroxylation is 1. The molecule has 0 aliphatic carbocycles. The Hall–Kier alpha value is -5.90. The molecule has 0 amide bonds. The topological polar surface area (TPSA) is 113 Å². The quantitative estimate of drug-likeness (QED) is 0.120. The van der Waals surface area contributed by atoms with Gasteiger partial charge >= 0.3 is 0 Å². The van der Waals surface area contributed by atoms with E-state index in [4.69, 9.17) is 16.6 Å². The fraction of sp³-hybridized carbons (Fsp3) is 0.300. The number of nitrogens with one attached hydrogen (secondary N) is 2. The van der Waals surface area contributed by atoms with E-state index in [1.54, 1.807) is 43.0 Å². The van der Waals surface area contributed by atoms with E-state index in [-0.39, 0.29) is 28.5 Å². The van der Waals surface area contributed by atoms with Crippen molar-refractivity contribution in [3.8, 4) is 5.69 Å². The molecule has 5 heterocycles. The van der Waals surface area contributed by atoms with Crippen LogP contribution >= 0.6 is 11.6 Å². The van der Waals surface area contributed by atoms with Crippen molar-refractivity contribution >= 4 is 46.2 Å². The monoisotopic (exact) mass is 803 g/mol. The average molecular weight is 804 g/mol. The summed E-state index contributed by atoms with van der Waals surface area (Å²) in [5.41, 5.74) is 2.48. The molecule has 3 aromatic carbocycles. The Bertz CT molecular complexity index is 2510. The molecule has 0 atom stereocenters. The smallest absolute Gasteiger partial charge is 0.226 e. The largest absolute Gasteiger partial charge is 0.373 e. The Morgan fingerprint density at radius 3 is 1.67 bits per heavy atom. The van der Waals surface area contributed by atoms with Crippen LogP contribution in [0.4, 0.5) is 56.6 Å². The lowest BCUT2D eigenvalue weighted by Gasteiger charge is -2.22. The predicted octanol–water partition coefficient (Wildman–Crippen LogP) is 8.72. The molecule has 2 aliphatic heterocycles. The second kappa shape index (κ2) is 14.9. The fourth-order valence-corrected chi connectivity index (χ4v) is 7.55. The third-order valence-electron chi connectivity index (χ3n) is 9.87. The summed E-state index contributed by atoms with van der Waals surface area (Å²) in [6, 6.07) is 11.8. The molecule has 3 aromatic heterocycles. The molecule has 0 unspecified atom stereocenters. The molecule has 17 heteroatoms. The van der Waals surface area contributed by atoms with Gasteiger partial charge in [0, 0.05) is 67.7 Å². The Kier molecular flexibility index (Phi) is 10.3. The highest BCUT2D eigenvalue weighted by Crippen LogP contribution is 2.48. The van der Waals surface area contributed by atoms with Crippen molar-refractivity contribution in [3.05, 3.63) is 124 Å². The number of fused-ring (bicyclic) bond motifs is 2. The number of aromatic nitrogens is 7. The number of nitrogens with zero attached hydrogens (tertiary/aromatic N) is 9. The predicted molar refractivity (Wildman–Crippen MR) is 210 cm³/mol. The van der Waals surface area contributed by atoms with Crippen LogP contribution in [0.1, 0.15) is 56.0 Å². The molecule has 0 bridgehead atoms. The van der Waals surface area contributed by atoms with Gasteiger partial charge in [-0.2, -0.15) is 10.1 Å². The first-order chi connectivity index (χ1) is 27.0. The maximum absolute atomic E-state index is 14.9. The Labute approximate surface area is 331 Å². The lowest BCUT2D eigenvalue weighted by Crippen LogP contribution is -2.26.